The molecular formula is C20H15ClN2OS. The number of rotatable bonds is 3. The Morgan fingerprint density at radius 2 is 1.92 bits per heavy atom. The van der Waals surface area contributed by atoms with Crippen molar-refractivity contribution in [3.63, 3.8) is 0 Å². The number of halogens is 1. The van der Waals surface area contributed by atoms with Crippen LogP contribution in [0.5, 0.6) is 0 Å². The van der Waals surface area contributed by atoms with E-state index in [-0.39, 0.29) is 5.91 Å². The van der Waals surface area contributed by atoms with Crippen LogP contribution in [-0.4, -0.2) is 10.9 Å². The predicted octanol–water partition coefficient (Wildman–Crippen LogP) is 5.59. The van der Waals surface area contributed by atoms with Gasteiger partial charge in [-0.1, -0.05) is 71.5 Å². The highest BCUT2D eigenvalue weighted by molar-refractivity contribution is 7.23. The maximum atomic E-state index is 12.4. The largest absolute Gasteiger partial charge is 0.302 e. The summed E-state index contributed by atoms with van der Waals surface area (Å²) in [5, 5.41) is 6.44. The van der Waals surface area contributed by atoms with Gasteiger partial charge in [0.1, 0.15) is 0 Å². The summed E-state index contributed by atoms with van der Waals surface area (Å²) in [6.45, 7) is 1.99. The van der Waals surface area contributed by atoms with E-state index < -0.39 is 0 Å². The van der Waals surface area contributed by atoms with Crippen molar-refractivity contribution < 1.29 is 4.79 Å². The molecule has 0 atom stereocenters. The standard InChI is InChI=1S/C20H15ClN2OS/c1-12-6-9-16(21)19-18(12)23-20(25-19)22-17(24)11-13-7-8-14-4-2-3-5-15(14)10-13/h2-10H,11H2,1H3,(H,22,23,24). The second-order valence-corrected chi connectivity index (χ2v) is 7.37. The first-order valence-corrected chi connectivity index (χ1v) is 9.13. The van der Waals surface area contributed by atoms with Gasteiger partial charge in [0.15, 0.2) is 5.13 Å². The summed E-state index contributed by atoms with van der Waals surface area (Å²) in [5.41, 5.74) is 2.87. The molecule has 1 aromatic heterocycles. The van der Waals surface area contributed by atoms with E-state index in [1.807, 2.05) is 49.4 Å². The van der Waals surface area contributed by atoms with Gasteiger partial charge < -0.3 is 5.32 Å². The van der Waals surface area contributed by atoms with Crippen LogP contribution in [0.3, 0.4) is 0 Å². The quantitative estimate of drug-likeness (QED) is 0.513. The summed E-state index contributed by atoms with van der Waals surface area (Å²) in [6, 6.07) is 18.0. The van der Waals surface area contributed by atoms with Gasteiger partial charge in [-0.2, -0.15) is 0 Å². The zero-order valence-electron chi connectivity index (χ0n) is 13.5. The van der Waals surface area contributed by atoms with E-state index in [2.05, 4.69) is 22.4 Å². The second-order valence-electron chi connectivity index (χ2n) is 5.97. The number of anilines is 1. The van der Waals surface area contributed by atoms with Crippen LogP contribution in [0.1, 0.15) is 11.1 Å². The first kappa shape index (κ1) is 16.1. The van der Waals surface area contributed by atoms with Crippen molar-refractivity contribution in [3.05, 3.63) is 70.7 Å². The predicted molar refractivity (Wildman–Crippen MR) is 106 cm³/mol. The van der Waals surface area contributed by atoms with E-state index in [1.165, 1.54) is 16.7 Å². The van der Waals surface area contributed by atoms with Gasteiger partial charge in [-0.15, -0.1) is 0 Å². The number of nitrogens with one attached hydrogen (secondary N) is 1. The Hall–Kier alpha value is -2.43. The first-order chi connectivity index (χ1) is 12.1. The van der Waals surface area contributed by atoms with E-state index in [0.29, 0.717) is 16.6 Å². The highest BCUT2D eigenvalue weighted by Gasteiger charge is 2.12. The number of thiazole rings is 1. The van der Waals surface area contributed by atoms with Crippen LogP contribution in [0.4, 0.5) is 5.13 Å². The molecule has 0 saturated heterocycles. The third-order valence-electron chi connectivity index (χ3n) is 4.12. The van der Waals surface area contributed by atoms with Gasteiger partial charge in [0, 0.05) is 0 Å². The molecular weight excluding hydrogens is 352 g/mol. The molecule has 0 unspecified atom stereocenters. The molecule has 5 heteroatoms. The summed E-state index contributed by atoms with van der Waals surface area (Å²) in [4.78, 5) is 16.9. The molecule has 0 spiro atoms. The molecule has 0 saturated carbocycles. The number of amides is 1. The highest BCUT2D eigenvalue weighted by atomic mass is 35.5. The van der Waals surface area contributed by atoms with Crippen LogP contribution in [0, 0.1) is 6.92 Å². The fraction of sp³-hybridized carbons (Fsp3) is 0.100. The van der Waals surface area contributed by atoms with Crippen molar-refractivity contribution in [1.82, 2.24) is 4.98 Å². The minimum absolute atomic E-state index is 0.0805. The molecule has 0 aliphatic heterocycles. The molecule has 124 valence electrons. The van der Waals surface area contributed by atoms with E-state index >= 15 is 0 Å². The fourth-order valence-corrected chi connectivity index (χ4v) is 4.09. The van der Waals surface area contributed by atoms with Gasteiger partial charge in [0.25, 0.3) is 0 Å². The molecule has 1 heterocycles. The van der Waals surface area contributed by atoms with Crippen LogP contribution < -0.4 is 5.32 Å². The fourth-order valence-electron chi connectivity index (χ4n) is 2.85. The van der Waals surface area contributed by atoms with Crippen LogP contribution in [0.2, 0.25) is 5.02 Å². The molecule has 3 nitrogen and oxygen atoms in total. The van der Waals surface area contributed by atoms with Crippen molar-refractivity contribution >= 4 is 55.0 Å². The van der Waals surface area contributed by atoms with Gasteiger partial charge in [-0.25, -0.2) is 4.98 Å². The maximum Gasteiger partial charge on any atom is 0.230 e. The molecule has 4 rings (SSSR count). The van der Waals surface area contributed by atoms with E-state index in [1.54, 1.807) is 0 Å². The number of carbonyl (C=O) groups excluding carboxylic acids is 1. The van der Waals surface area contributed by atoms with Crippen LogP contribution in [-0.2, 0) is 11.2 Å². The normalized spacial score (nSPS) is 11.1. The molecule has 0 bridgehead atoms. The van der Waals surface area contributed by atoms with Crippen molar-refractivity contribution in [2.24, 2.45) is 0 Å². The number of hydrogen-bond acceptors (Lipinski definition) is 3. The topological polar surface area (TPSA) is 42.0 Å². The second kappa shape index (κ2) is 6.47. The van der Waals surface area contributed by atoms with Crippen molar-refractivity contribution in [1.29, 1.82) is 0 Å². The number of fused-ring (bicyclic) bond motifs is 2. The van der Waals surface area contributed by atoms with E-state index in [4.69, 9.17) is 11.6 Å². The van der Waals surface area contributed by atoms with Crippen LogP contribution >= 0.6 is 22.9 Å². The van der Waals surface area contributed by atoms with Crippen molar-refractivity contribution in [2.45, 2.75) is 13.3 Å². The van der Waals surface area contributed by atoms with Crippen molar-refractivity contribution in [2.75, 3.05) is 5.32 Å². The van der Waals surface area contributed by atoms with Crippen molar-refractivity contribution in [3.8, 4) is 0 Å². The Kier molecular flexibility index (Phi) is 4.15. The SMILES string of the molecule is Cc1ccc(Cl)c2sc(NC(=O)Cc3ccc4ccccc4c3)nc12. The van der Waals surface area contributed by atoms with Crippen LogP contribution in [0.15, 0.2) is 54.6 Å². The Bertz CT molecular complexity index is 1060. The molecule has 4 aromatic rings. The molecule has 0 aliphatic carbocycles. The number of aromatic nitrogens is 1. The number of aryl methyl sites for hydroxylation is 1. The van der Waals surface area contributed by atoms with Gasteiger partial charge in [-0.05, 0) is 34.9 Å². The molecule has 1 N–H and O–H groups in total. The Morgan fingerprint density at radius 3 is 2.72 bits per heavy atom. The van der Waals surface area contributed by atoms with Gasteiger partial charge in [-0.3, -0.25) is 4.79 Å². The number of nitrogens with zero attached hydrogens (tertiary/aromatic N) is 1. The maximum absolute atomic E-state index is 12.4. The Morgan fingerprint density at radius 1 is 1.12 bits per heavy atom. The lowest BCUT2D eigenvalue weighted by Gasteiger charge is -2.04. The zero-order chi connectivity index (χ0) is 17.4. The van der Waals surface area contributed by atoms with Gasteiger partial charge in [0.05, 0.1) is 21.7 Å². The average Bonchev–Trinajstić information content (AvgIpc) is 3.03. The summed E-state index contributed by atoms with van der Waals surface area (Å²) in [7, 11) is 0. The first-order valence-electron chi connectivity index (χ1n) is 7.93. The summed E-state index contributed by atoms with van der Waals surface area (Å²) in [5.74, 6) is -0.0805. The number of hydrogen-bond donors (Lipinski definition) is 1. The Labute approximate surface area is 154 Å². The lowest BCUT2D eigenvalue weighted by atomic mass is 10.1. The highest BCUT2D eigenvalue weighted by Crippen LogP contribution is 2.33. The third-order valence-corrected chi connectivity index (χ3v) is 5.55. The smallest absolute Gasteiger partial charge is 0.230 e. The molecule has 1 amide bonds. The lowest BCUT2D eigenvalue weighted by molar-refractivity contribution is -0.115. The molecule has 25 heavy (non-hydrogen) atoms. The number of carbonyl (C=O) groups is 1. The molecule has 0 aliphatic rings. The summed E-state index contributed by atoms with van der Waals surface area (Å²) >= 11 is 7.63. The zero-order valence-corrected chi connectivity index (χ0v) is 15.1. The monoisotopic (exact) mass is 366 g/mol. The van der Waals surface area contributed by atoms with E-state index in [9.17, 15) is 4.79 Å². The molecule has 0 radical (unpaired) electrons. The molecule has 3 aromatic carbocycles. The minimum atomic E-state index is -0.0805. The van der Waals surface area contributed by atoms with Gasteiger partial charge in [0.2, 0.25) is 5.91 Å². The lowest BCUT2D eigenvalue weighted by Crippen LogP contribution is -2.14. The third kappa shape index (κ3) is 3.23. The average molecular weight is 367 g/mol. The minimum Gasteiger partial charge on any atom is -0.302 e. The summed E-state index contributed by atoms with van der Waals surface area (Å²) in [6.07, 6.45) is 0.313. The van der Waals surface area contributed by atoms with E-state index in [0.717, 1.165) is 26.7 Å². The summed E-state index contributed by atoms with van der Waals surface area (Å²) < 4.78 is 0.905. The van der Waals surface area contributed by atoms with Crippen LogP contribution in [0.25, 0.3) is 21.0 Å². The molecule has 0 fully saturated rings. The number of benzene rings is 3. The van der Waals surface area contributed by atoms with Gasteiger partial charge >= 0.3 is 0 Å². The Balaban J connectivity index is 1.55.